The van der Waals surface area contributed by atoms with Crippen molar-refractivity contribution in [2.24, 2.45) is 5.92 Å². The maximum atomic E-state index is 14.8. The standard InChI is InChI=1S/C41H50N4O3/c1-3-45(34-20-12-7-13-21-34)40(46)38-35-22-14-15-23-37(35)42-39(32-18-10-6-11-19-32)36(38)30-44-26-24-43(25-27-44)29-33(41(47)48-4-2)28-31-16-8-5-9-17-31/h5-6,8-11,14-19,22-23,33-34H,3-4,7,12-13,20-21,24-30H2,1-2H3. The molecule has 252 valence electrons. The lowest BCUT2D eigenvalue weighted by Crippen LogP contribution is -2.48. The molecule has 3 aromatic carbocycles. The molecule has 0 bridgehead atoms. The molecular weight excluding hydrogens is 596 g/mol. The predicted octanol–water partition coefficient (Wildman–Crippen LogP) is 7.24. The largest absolute Gasteiger partial charge is 0.466 e. The third-order valence-corrected chi connectivity index (χ3v) is 10.1. The van der Waals surface area contributed by atoms with Crippen LogP contribution >= 0.6 is 0 Å². The fourth-order valence-electron chi connectivity index (χ4n) is 7.63. The van der Waals surface area contributed by atoms with Crippen molar-refractivity contribution in [1.82, 2.24) is 19.7 Å². The highest BCUT2D eigenvalue weighted by atomic mass is 16.5. The van der Waals surface area contributed by atoms with Crippen LogP contribution in [-0.2, 0) is 22.5 Å². The van der Waals surface area contributed by atoms with Crippen molar-refractivity contribution in [2.45, 2.75) is 65.0 Å². The Morgan fingerprint density at radius 3 is 2.17 bits per heavy atom. The van der Waals surface area contributed by atoms with Crippen LogP contribution in [0, 0.1) is 5.92 Å². The third kappa shape index (κ3) is 7.96. The van der Waals surface area contributed by atoms with Crippen molar-refractivity contribution in [3.63, 3.8) is 0 Å². The Hall–Kier alpha value is -4.07. The maximum Gasteiger partial charge on any atom is 0.310 e. The van der Waals surface area contributed by atoms with E-state index in [0.29, 0.717) is 32.7 Å². The summed E-state index contributed by atoms with van der Waals surface area (Å²) in [5, 5.41) is 0.934. The summed E-state index contributed by atoms with van der Waals surface area (Å²) in [4.78, 5) is 40.0. The number of hydrogen-bond donors (Lipinski definition) is 0. The molecule has 7 nitrogen and oxygen atoms in total. The lowest BCUT2D eigenvalue weighted by atomic mass is 9.91. The Balaban J connectivity index is 1.28. The van der Waals surface area contributed by atoms with E-state index in [9.17, 15) is 9.59 Å². The number of benzene rings is 3. The quantitative estimate of drug-likeness (QED) is 0.151. The molecule has 1 amide bonds. The zero-order valence-corrected chi connectivity index (χ0v) is 28.7. The summed E-state index contributed by atoms with van der Waals surface area (Å²) in [6, 6.07) is 29.0. The van der Waals surface area contributed by atoms with E-state index in [1.54, 1.807) is 0 Å². The zero-order valence-electron chi connectivity index (χ0n) is 28.7. The van der Waals surface area contributed by atoms with Gasteiger partial charge in [-0.3, -0.25) is 19.4 Å². The van der Waals surface area contributed by atoms with E-state index in [-0.39, 0.29) is 23.8 Å². The van der Waals surface area contributed by atoms with E-state index in [2.05, 4.69) is 52.0 Å². The van der Waals surface area contributed by atoms with Gasteiger partial charge in [-0.2, -0.15) is 0 Å². The van der Waals surface area contributed by atoms with E-state index in [0.717, 1.165) is 77.9 Å². The van der Waals surface area contributed by atoms with Crippen molar-refractivity contribution < 1.29 is 14.3 Å². The average Bonchev–Trinajstić information content (AvgIpc) is 3.13. The molecule has 1 saturated heterocycles. The molecular formula is C41H50N4O3. The average molecular weight is 647 g/mol. The first-order valence-electron chi connectivity index (χ1n) is 18.0. The van der Waals surface area contributed by atoms with E-state index in [1.165, 1.54) is 19.3 Å². The molecule has 0 spiro atoms. The summed E-state index contributed by atoms with van der Waals surface area (Å²) >= 11 is 0. The minimum absolute atomic E-state index is 0.125. The van der Waals surface area contributed by atoms with Crippen LogP contribution in [0.3, 0.4) is 0 Å². The van der Waals surface area contributed by atoms with Gasteiger partial charge in [-0.25, -0.2) is 4.98 Å². The summed E-state index contributed by atoms with van der Waals surface area (Å²) in [5.41, 5.74) is 5.75. The Labute approximate surface area is 285 Å². The molecule has 7 heteroatoms. The van der Waals surface area contributed by atoms with Crippen molar-refractivity contribution in [2.75, 3.05) is 45.9 Å². The number of carbonyl (C=O) groups is 2. The first-order chi connectivity index (χ1) is 23.6. The number of ether oxygens (including phenoxy) is 1. The molecule has 1 aliphatic heterocycles. The van der Waals surface area contributed by atoms with E-state index < -0.39 is 0 Å². The molecule has 1 unspecified atom stereocenters. The lowest BCUT2D eigenvalue weighted by molar-refractivity contribution is -0.148. The fourth-order valence-corrected chi connectivity index (χ4v) is 7.63. The highest BCUT2D eigenvalue weighted by Crippen LogP contribution is 2.34. The lowest BCUT2D eigenvalue weighted by Gasteiger charge is -2.37. The summed E-state index contributed by atoms with van der Waals surface area (Å²) in [7, 11) is 0. The highest BCUT2D eigenvalue weighted by Gasteiger charge is 2.32. The number of hydrogen-bond acceptors (Lipinski definition) is 6. The number of rotatable bonds is 12. The Kier molecular flexibility index (Phi) is 11.5. The van der Waals surface area contributed by atoms with Gasteiger partial charge in [0.1, 0.15) is 0 Å². The Morgan fingerprint density at radius 2 is 1.48 bits per heavy atom. The molecule has 2 fully saturated rings. The number of para-hydroxylation sites is 1. The minimum atomic E-state index is -0.211. The van der Waals surface area contributed by atoms with Crippen LogP contribution < -0.4 is 0 Å². The number of carbonyl (C=O) groups excluding carboxylic acids is 2. The van der Waals surface area contributed by atoms with Crippen molar-refractivity contribution >= 4 is 22.8 Å². The van der Waals surface area contributed by atoms with Gasteiger partial charge in [-0.15, -0.1) is 0 Å². The van der Waals surface area contributed by atoms with E-state index in [1.807, 2.05) is 61.5 Å². The van der Waals surface area contributed by atoms with Crippen LogP contribution in [0.2, 0.25) is 0 Å². The first-order valence-corrected chi connectivity index (χ1v) is 18.0. The van der Waals surface area contributed by atoms with Gasteiger partial charge >= 0.3 is 5.97 Å². The van der Waals surface area contributed by atoms with Crippen LogP contribution in [0.25, 0.3) is 22.2 Å². The first kappa shape index (κ1) is 33.8. The third-order valence-electron chi connectivity index (χ3n) is 10.1. The van der Waals surface area contributed by atoms with Crippen molar-refractivity contribution in [1.29, 1.82) is 0 Å². The number of nitrogens with zero attached hydrogens (tertiary/aromatic N) is 4. The number of aromatic nitrogens is 1. The molecule has 0 radical (unpaired) electrons. The van der Waals surface area contributed by atoms with Gasteiger partial charge in [-0.1, -0.05) is 98.1 Å². The number of pyridine rings is 1. The second-order valence-corrected chi connectivity index (χ2v) is 13.3. The van der Waals surface area contributed by atoms with Gasteiger partial charge in [0.25, 0.3) is 5.91 Å². The van der Waals surface area contributed by atoms with E-state index >= 15 is 0 Å². The SMILES string of the molecule is CCOC(=O)C(Cc1ccccc1)CN1CCN(Cc2c(-c3ccccc3)nc3ccccc3c2C(=O)N(CC)C2CCCCC2)CC1. The fraction of sp³-hybridized carbons (Fsp3) is 0.439. The van der Waals surface area contributed by atoms with Crippen LogP contribution in [0.15, 0.2) is 84.9 Å². The van der Waals surface area contributed by atoms with Crippen molar-refractivity contribution in [3.8, 4) is 11.3 Å². The Bertz CT molecular complexity index is 1650. The number of amides is 1. The highest BCUT2D eigenvalue weighted by molar-refractivity contribution is 6.09. The monoisotopic (exact) mass is 646 g/mol. The molecule has 6 rings (SSSR count). The molecule has 4 aromatic rings. The van der Waals surface area contributed by atoms with Crippen LogP contribution in [-0.4, -0.2) is 83.5 Å². The van der Waals surface area contributed by atoms with Crippen molar-refractivity contribution in [3.05, 3.63) is 102 Å². The summed E-state index contributed by atoms with van der Waals surface area (Å²) in [5.74, 6) is -0.204. The molecule has 0 N–H and O–H groups in total. The van der Waals surface area contributed by atoms with Crippen LogP contribution in [0.5, 0.6) is 0 Å². The van der Waals surface area contributed by atoms with Gasteiger partial charge in [0.15, 0.2) is 0 Å². The van der Waals surface area contributed by atoms with Gasteiger partial charge in [0.05, 0.1) is 29.3 Å². The smallest absolute Gasteiger partial charge is 0.310 e. The van der Waals surface area contributed by atoms with Gasteiger partial charge in [0.2, 0.25) is 0 Å². The maximum absolute atomic E-state index is 14.8. The van der Waals surface area contributed by atoms with Gasteiger partial charge in [0, 0.05) is 68.4 Å². The van der Waals surface area contributed by atoms with Gasteiger partial charge in [-0.05, 0) is 44.7 Å². The zero-order chi connectivity index (χ0) is 33.3. The summed E-state index contributed by atoms with van der Waals surface area (Å²) in [6.07, 6.45) is 6.43. The predicted molar refractivity (Wildman–Crippen MR) is 193 cm³/mol. The normalized spacial score (nSPS) is 16.9. The van der Waals surface area contributed by atoms with E-state index in [4.69, 9.17) is 9.72 Å². The molecule has 2 aliphatic rings. The van der Waals surface area contributed by atoms with Crippen LogP contribution in [0.4, 0.5) is 0 Å². The Morgan fingerprint density at radius 1 is 0.833 bits per heavy atom. The number of esters is 1. The molecule has 1 saturated carbocycles. The molecule has 1 aromatic heterocycles. The molecule has 2 heterocycles. The molecule has 48 heavy (non-hydrogen) atoms. The second kappa shape index (κ2) is 16.4. The number of fused-ring (bicyclic) bond motifs is 1. The molecule has 1 atom stereocenters. The van der Waals surface area contributed by atoms with Crippen LogP contribution in [0.1, 0.15) is 67.4 Å². The number of piperazine rings is 1. The topological polar surface area (TPSA) is 66.0 Å². The second-order valence-electron chi connectivity index (χ2n) is 13.3. The summed E-state index contributed by atoms with van der Waals surface area (Å²) < 4.78 is 5.50. The minimum Gasteiger partial charge on any atom is -0.466 e. The van der Waals surface area contributed by atoms with Gasteiger partial charge < -0.3 is 9.64 Å². The molecule has 1 aliphatic carbocycles. The summed E-state index contributed by atoms with van der Waals surface area (Å²) in [6.45, 7) is 9.77.